The Balaban J connectivity index is 2.20. The average molecular weight is 256 g/mol. The molecule has 0 spiro atoms. The van der Waals surface area contributed by atoms with Crippen molar-refractivity contribution < 1.29 is 9.90 Å². The summed E-state index contributed by atoms with van der Waals surface area (Å²) in [5.74, 6) is -0.929. The summed E-state index contributed by atoms with van der Waals surface area (Å²) in [6.07, 6.45) is 2.74. The van der Waals surface area contributed by atoms with Gasteiger partial charge in [-0.1, -0.05) is 6.07 Å². The van der Waals surface area contributed by atoms with Crippen LogP contribution in [0.1, 0.15) is 39.3 Å². The molecule has 4 heteroatoms. The van der Waals surface area contributed by atoms with Crippen LogP contribution >= 0.6 is 0 Å². The number of hydrogen-bond donors (Lipinski definition) is 1. The van der Waals surface area contributed by atoms with Crippen LogP contribution in [0, 0.1) is 13.8 Å². The standard InChI is InChI=1S/C15H16N2O2/c1-9-6-10(2)8-11(7-9)17-13-5-3-4-12(13)14(16-17)15(18)19/h6-8H,3-5H2,1-2H3,(H,18,19). The Morgan fingerprint density at radius 1 is 1.21 bits per heavy atom. The summed E-state index contributed by atoms with van der Waals surface area (Å²) in [6, 6.07) is 6.19. The number of aromatic carboxylic acids is 1. The lowest BCUT2D eigenvalue weighted by Gasteiger charge is -2.08. The summed E-state index contributed by atoms with van der Waals surface area (Å²) in [6.45, 7) is 4.08. The van der Waals surface area contributed by atoms with Gasteiger partial charge in [-0.3, -0.25) is 0 Å². The molecule has 0 unspecified atom stereocenters. The molecule has 19 heavy (non-hydrogen) atoms. The highest BCUT2D eigenvalue weighted by atomic mass is 16.4. The first-order valence-corrected chi connectivity index (χ1v) is 6.49. The second-order valence-electron chi connectivity index (χ2n) is 5.19. The molecule has 1 aromatic carbocycles. The third-order valence-electron chi connectivity index (χ3n) is 3.58. The summed E-state index contributed by atoms with van der Waals surface area (Å²) < 4.78 is 1.81. The van der Waals surface area contributed by atoms with E-state index in [0.29, 0.717) is 0 Å². The first kappa shape index (κ1) is 12.0. The van der Waals surface area contributed by atoms with Gasteiger partial charge in [-0.2, -0.15) is 5.10 Å². The molecule has 2 aromatic rings. The average Bonchev–Trinajstić information content (AvgIpc) is 2.86. The maximum absolute atomic E-state index is 11.3. The normalized spacial score (nSPS) is 13.6. The fourth-order valence-corrected chi connectivity index (χ4v) is 2.90. The van der Waals surface area contributed by atoms with Gasteiger partial charge in [-0.15, -0.1) is 0 Å². The van der Waals surface area contributed by atoms with Crippen LogP contribution in [0.25, 0.3) is 5.69 Å². The van der Waals surface area contributed by atoms with E-state index in [0.717, 1.165) is 47.3 Å². The number of fused-ring (bicyclic) bond motifs is 1. The minimum Gasteiger partial charge on any atom is -0.476 e. The van der Waals surface area contributed by atoms with Crippen LogP contribution in [0.5, 0.6) is 0 Å². The number of hydrogen-bond acceptors (Lipinski definition) is 2. The highest BCUT2D eigenvalue weighted by molar-refractivity contribution is 5.87. The number of rotatable bonds is 2. The molecule has 0 fully saturated rings. The van der Waals surface area contributed by atoms with Gasteiger partial charge in [0.25, 0.3) is 0 Å². The van der Waals surface area contributed by atoms with E-state index in [-0.39, 0.29) is 5.69 Å². The highest BCUT2D eigenvalue weighted by Crippen LogP contribution is 2.28. The largest absolute Gasteiger partial charge is 0.476 e. The van der Waals surface area contributed by atoms with E-state index in [1.807, 2.05) is 30.7 Å². The molecular weight excluding hydrogens is 240 g/mol. The molecule has 0 bridgehead atoms. The Hall–Kier alpha value is -2.10. The second kappa shape index (κ2) is 4.23. The van der Waals surface area contributed by atoms with E-state index in [2.05, 4.69) is 11.2 Å². The third kappa shape index (κ3) is 1.93. The molecule has 1 heterocycles. The Kier molecular flexibility index (Phi) is 2.66. The van der Waals surface area contributed by atoms with Gasteiger partial charge in [0.1, 0.15) is 0 Å². The third-order valence-corrected chi connectivity index (χ3v) is 3.58. The van der Waals surface area contributed by atoms with E-state index < -0.39 is 5.97 Å². The molecule has 0 saturated carbocycles. The molecule has 0 amide bonds. The van der Waals surface area contributed by atoms with Crippen LogP contribution in [0.2, 0.25) is 0 Å². The zero-order valence-electron chi connectivity index (χ0n) is 11.1. The molecule has 1 aliphatic rings. The Morgan fingerprint density at radius 2 is 1.89 bits per heavy atom. The van der Waals surface area contributed by atoms with Crippen LogP contribution in [0.3, 0.4) is 0 Å². The van der Waals surface area contributed by atoms with Crippen LogP contribution in [0.15, 0.2) is 18.2 Å². The fraction of sp³-hybridized carbons (Fsp3) is 0.333. The van der Waals surface area contributed by atoms with Crippen LogP contribution < -0.4 is 0 Å². The highest BCUT2D eigenvalue weighted by Gasteiger charge is 2.26. The molecule has 4 nitrogen and oxygen atoms in total. The number of carboxylic acid groups (broad SMARTS) is 1. The lowest BCUT2D eigenvalue weighted by molar-refractivity contribution is 0.0689. The quantitative estimate of drug-likeness (QED) is 0.898. The fourth-order valence-electron chi connectivity index (χ4n) is 2.90. The molecule has 3 rings (SSSR count). The summed E-state index contributed by atoms with van der Waals surface area (Å²) in [5.41, 5.74) is 5.46. The monoisotopic (exact) mass is 256 g/mol. The van der Waals surface area contributed by atoms with Crippen molar-refractivity contribution >= 4 is 5.97 Å². The maximum Gasteiger partial charge on any atom is 0.356 e. The summed E-state index contributed by atoms with van der Waals surface area (Å²) >= 11 is 0. The van der Waals surface area contributed by atoms with Gasteiger partial charge in [0.05, 0.1) is 5.69 Å². The van der Waals surface area contributed by atoms with Crippen LogP contribution in [-0.2, 0) is 12.8 Å². The maximum atomic E-state index is 11.3. The first-order chi connectivity index (χ1) is 9.06. The minimum absolute atomic E-state index is 0.214. The molecule has 1 aliphatic carbocycles. The molecule has 0 aliphatic heterocycles. The van der Waals surface area contributed by atoms with Gasteiger partial charge in [0, 0.05) is 11.3 Å². The summed E-state index contributed by atoms with van der Waals surface area (Å²) in [7, 11) is 0. The number of carboxylic acids is 1. The molecule has 0 saturated heterocycles. The summed E-state index contributed by atoms with van der Waals surface area (Å²) in [5, 5.41) is 13.5. The molecular formula is C15H16N2O2. The molecule has 1 N–H and O–H groups in total. The number of aromatic nitrogens is 2. The Labute approximate surface area is 111 Å². The van der Waals surface area contributed by atoms with Crippen LogP contribution in [0.4, 0.5) is 0 Å². The molecule has 0 radical (unpaired) electrons. The predicted octanol–water partition coefficient (Wildman–Crippen LogP) is 2.68. The lowest BCUT2D eigenvalue weighted by atomic mass is 10.1. The van der Waals surface area contributed by atoms with E-state index in [1.165, 1.54) is 0 Å². The molecule has 98 valence electrons. The summed E-state index contributed by atoms with van der Waals surface area (Å²) in [4.78, 5) is 11.3. The van der Waals surface area contributed by atoms with Crippen molar-refractivity contribution in [3.63, 3.8) is 0 Å². The zero-order valence-corrected chi connectivity index (χ0v) is 11.1. The predicted molar refractivity (Wildman–Crippen MR) is 72.0 cm³/mol. The smallest absolute Gasteiger partial charge is 0.356 e. The van der Waals surface area contributed by atoms with Crippen molar-refractivity contribution in [1.82, 2.24) is 9.78 Å². The van der Waals surface area contributed by atoms with E-state index in [1.54, 1.807) is 0 Å². The van der Waals surface area contributed by atoms with Gasteiger partial charge in [0.2, 0.25) is 0 Å². The zero-order chi connectivity index (χ0) is 13.6. The number of aryl methyl sites for hydroxylation is 2. The van der Waals surface area contributed by atoms with Crippen LogP contribution in [-0.4, -0.2) is 20.9 Å². The SMILES string of the molecule is Cc1cc(C)cc(-n2nc(C(=O)O)c3c2CCC3)c1. The second-order valence-corrected chi connectivity index (χ2v) is 5.19. The number of nitrogens with zero attached hydrogens (tertiary/aromatic N) is 2. The van der Waals surface area contributed by atoms with Crippen molar-refractivity contribution in [2.75, 3.05) is 0 Å². The first-order valence-electron chi connectivity index (χ1n) is 6.49. The molecule has 0 atom stereocenters. The Morgan fingerprint density at radius 3 is 2.53 bits per heavy atom. The van der Waals surface area contributed by atoms with Crippen molar-refractivity contribution in [3.05, 3.63) is 46.3 Å². The van der Waals surface area contributed by atoms with E-state index in [4.69, 9.17) is 0 Å². The Bertz CT molecular complexity index is 651. The van der Waals surface area contributed by atoms with Gasteiger partial charge >= 0.3 is 5.97 Å². The van der Waals surface area contributed by atoms with Gasteiger partial charge < -0.3 is 5.11 Å². The van der Waals surface area contributed by atoms with Crippen molar-refractivity contribution in [3.8, 4) is 5.69 Å². The van der Waals surface area contributed by atoms with Crippen molar-refractivity contribution in [2.45, 2.75) is 33.1 Å². The van der Waals surface area contributed by atoms with Crippen molar-refractivity contribution in [2.24, 2.45) is 0 Å². The number of benzene rings is 1. The minimum atomic E-state index is -0.929. The number of carbonyl (C=O) groups is 1. The topological polar surface area (TPSA) is 55.1 Å². The van der Waals surface area contributed by atoms with Crippen molar-refractivity contribution in [1.29, 1.82) is 0 Å². The lowest BCUT2D eigenvalue weighted by Crippen LogP contribution is -2.05. The van der Waals surface area contributed by atoms with Gasteiger partial charge in [0.15, 0.2) is 5.69 Å². The van der Waals surface area contributed by atoms with E-state index >= 15 is 0 Å². The van der Waals surface area contributed by atoms with Gasteiger partial charge in [-0.25, -0.2) is 9.48 Å². The van der Waals surface area contributed by atoms with Gasteiger partial charge in [-0.05, 0) is 56.4 Å². The molecule has 1 aromatic heterocycles. The van der Waals surface area contributed by atoms with E-state index in [9.17, 15) is 9.90 Å².